The third-order valence-electron chi connectivity index (χ3n) is 2.95. The number of aryl methyl sites for hydroxylation is 2. The maximum absolute atomic E-state index is 5.64. The van der Waals surface area contributed by atoms with Gasteiger partial charge in [0.15, 0.2) is 0 Å². The first-order valence-electron chi connectivity index (χ1n) is 5.76. The molecule has 18 heavy (non-hydrogen) atoms. The van der Waals surface area contributed by atoms with E-state index in [9.17, 15) is 0 Å². The summed E-state index contributed by atoms with van der Waals surface area (Å²) in [5, 5.41) is 4.37. The molecule has 0 bridgehead atoms. The molecule has 96 valence electrons. The fraction of sp³-hybridized carbons (Fsp3) is 0.308. The molecular weight excluding hydrogens is 228 g/mol. The van der Waals surface area contributed by atoms with Gasteiger partial charge in [0, 0.05) is 13.2 Å². The van der Waals surface area contributed by atoms with Crippen LogP contribution >= 0.6 is 0 Å². The van der Waals surface area contributed by atoms with Crippen molar-refractivity contribution in [3.05, 3.63) is 47.3 Å². The zero-order valence-electron chi connectivity index (χ0n) is 10.8. The second-order valence-corrected chi connectivity index (χ2v) is 4.24. The van der Waals surface area contributed by atoms with E-state index >= 15 is 0 Å². The van der Waals surface area contributed by atoms with Crippen LogP contribution < -0.4 is 16.0 Å². The Bertz CT molecular complexity index is 536. The summed E-state index contributed by atoms with van der Waals surface area (Å²) in [6.07, 6.45) is 1.90. The van der Waals surface area contributed by atoms with Gasteiger partial charge in [-0.2, -0.15) is 5.10 Å². The minimum absolute atomic E-state index is 0.115. The normalized spacial score (nSPS) is 12.4. The number of nitrogens with two attached hydrogens (primary N) is 1. The Hall–Kier alpha value is -1.85. The molecular formula is C13H18N4O. The Morgan fingerprint density at radius 1 is 1.39 bits per heavy atom. The Morgan fingerprint density at radius 2 is 2.17 bits per heavy atom. The highest BCUT2D eigenvalue weighted by Crippen LogP contribution is 2.25. The van der Waals surface area contributed by atoms with E-state index in [1.54, 1.807) is 11.8 Å². The first-order chi connectivity index (χ1) is 8.65. The van der Waals surface area contributed by atoms with Gasteiger partial charge >= 0.3 is 0 Å². The van der Waals surface area contributed by atoms with Gasteiger partial charge in [0.1, 0.15) is 5.75 Å². The summed E-state index contributed by atoms with van der Waals surface area (Å²) >= 11 is 0. The molecule has 3 N–H and O–H groups in total. The van der Waals surface area contributed by atoms with Gasteiger partial charge < -0.3 is 4.74 Å². The molecule has 1 heterocycles. The number of nitrogens with zero attached hydrogens (tertiary/aromatic N) is 2. The van der Waals surface area contributed by atoms with Crippen molar-refractivity contribution in [3.63, 3.8) is 0 Å². The third-order valence-corrected chi connectivity index (χ3v) is 2.95. The van der Waals surface area contributed by atoms with Gasteiger partial charge in [0.2, 0.25) is 0 Å². The second-order valence-electron chi connectivity index (χ2n) is 4.24. The van der Waals surface area contributed by atoms with Gasteiger partial charge in [-0.3, -0.25) is 10.5 Å². The molecule has 5 nitrogen and oxygen atoms in total. The number of hydrogen-bond donors (Lipinski definition) is 2. The lowest BCUT2D eigenvalue weighted by Gasteiger charge is -2.15. The van der Waals surface area contributed by atoms with Crippen molar-refractivity contribution in [1.82, 2.24) is 15.2 Å². The number of nitrogens with one attached hydrogen (secondary N) is 1. The number of ether oxygens (including phenoxy) is 1. The van der Waals surface area contributed by atoms with Crippen LogP contribution in [0.3, 0.4) is 0 Å². The molecule has 0 saturated heterocycles. The highest BCUT2D eigenvalue weighted by molar-refractivity contribution is 5.39. The third kappa shape index (κ3) is 2.37. The van der Waals surface area contributed by atoms with Crippen molar-refractivity contribution in [1.29, 1.82) is 0 Å². The summed E-state index contributed by atoms with van der Waals surface area (Å²) in [5.41, 5.74) is 5.83. The number of benzene rings is 1. The van der Waals surface area contributed by atoms with Crippen molar-refractivity contribution in [2.75, 3.05) is 7.11 Å². The quantitative estimate of drug-likeness (QED) is 0.630. The summed E-state index contributed by atoms with van der Waals surface area (Å²) in [6, 6.07) is 7.82. The maximum Gasteiger partial charge on any atom is 0.121 e. The number of methoxy groups -OCH3 is 1. The van der Waals surface area contributed by atoms with Crippen LogP contribution in [0.2, 0.25) is 0 Å². The molecule has 0 aliphatic carbocycles. The minimum atomic E-state index is -0.115. The van der Waals surface area contributed by atoms with E-state index in [0.717, 1.165) is 22.6 Å². The van der Waals surface area contributed by atoms with E-state index in [1.165, 1.54) is 0 Å². The Balaban J connectivity index is 2.36. The molecule has 1 atom stereocenters. The van der Waals surface area contributed by atoms with Crippen LogP contribution in [0, 0.1) is 6.92 Å². The van der Waals surface area contributed by atoms with Gasteiger partial charge in [-0.25, -0.2) is 5.43 Å². The summed E-state index contributed by atoms with van der Waals surface area (Å²) in [5.74, 6) is 6.51. The summed E-state index contributed by atoms with van der Waals surface area (Å²) in [7, 11) is 3.55. The predicted molar refractivity (Wildman–Crippen MR) is 70.1 cm³/mol. The molecule has 1 unspecified atom stereocenters. The minimum Gasteiger partial charge on any atom is -0.496 e. The lowest BCUT2D eigenvalue weighted by Crippen LogP contribution is -2.29. The smallest absolute Gasteiger partial charge is 0.121 e. The Kier molecular flexibility index (Phi) is 3.64. The van der Waals surface area contributed by atoms with Crippen molar-refractivity contribution < 1.29 is 4.74 Å². The fourth-order valence-electron chi connectivity index (χ4n) is 2.02. The first kappa shape index (κ1) is 12.6. The number of aromatic nitrogens is 2. The number of hydrazine groups is 1. The summed E-state index contributed by atoms with van der Waals surface area (Å²) < 4.78 is 7.01. The topological polar surface area (TPSA) is 65.1 Å². The lowest BCUT2D eigenvalue weighted by molar-refractivity contribution is 0.411. The average Bonchev–Trinajstić information content (AvgIpc) is 2.77. The van der Waals surface area contributed by atoms with Gasteiger partial charge in [0.05, 0.1) is 18.8 Å². The zero-order chi connectivity index (χ0) is 13.1. The van der Waals surface area contributed by atoms with E-state index in [-0.39, 0.29) is 6.04 Å². The Morgan fingerprint density at radius 3 is 2.67 bits per heavy atom. The van der Waals surface area contributed by atoms with Crippen LogP contribution in [0.25, 0.3) is 0 Å². The van der Waals surface area contributed by atoms with Crippen molar-refractivity contribution in [2.45, 2.75) is 13.0 Å². The Labute approximate surface area is 107 Å². The van der Waals surface area contributed by atoms with Crippen molar-refractivity contribution in [3.8, 4) is 5.75 Å². The van der Waals surface area contributed by atoms with Crippen molar-refractivity contribution >= 4 is 0 Å². The summed E-state index contributed by atoms with van der Waals surface area (Å²) in [4.78, 5) is 0. The predicted octanol–water partition coefficient (Wildman–Crippen LogP) is 1.29. The van der Waals surface area contributed by atoms with E-state index in [0.29, 0.717) is 0 Å². The van der Waals surface area contributed by atoms with Gasteiger partial charge in [-0.15, -0.1) is 0 Å². The zero-order valence-corrected chi connectivity index (χ0v) is 10.8. The van der Waals surface area contributed by atoms with Crippen LogP contribution in [0.5, 0.6) is 5.75 Å². The van der Waals surface area contributed by atoms with Gasteiger partial charge in [-0.1, -0.05) is 12.1 Å². The van der Waals surface area contributed by atoms with E-state index in [1.807, 2.05) is 38.4 Å². The molecule has 2 aromatic rings. The molecule has 0 radical (unpaired) electrons. The standard InChI is InChI=1S/C13H18N4O/c1-9-8-10(4-5-12(9)18-3)13(15-14)11-6-7-17(2)16-11/h4-8,13,15H,14H2,1-3H3. The lowest BCUT2D eigenvalue weighted by atomic mass is 10.0. The highest BCUT2D eigenvalue weighted by Gasteiger charge is 2.15. The van der Waals surface area contributed by atoms with E-state index in [4.69, 9.17) is 10.6 Å². The molecule has 0 aliphatic heterocycles. The van der Waals surface area contributed by atoms with E-state index < -0.39 is 0 Å². The SMILES string of the molecule is COc1ccc(C(NN)c2ccn(C)n2)cc1C. The number of hydrogen-bond acceptors (Lipinski definition) is 4. The van der Waals surface area contributed by atoms with Gasteiger partial charge in [-0.05, 0) is 30.2 Å². The largest absolute Gasteiger partial charge is 0.496 e. The maximum atomic E-state index is 5.64. The van der Waals surface area contributed by atoms with Crippen LogP contribution in [-0.4, -0.2) is 16.9 Å². The molecule has 0 amide bonds. The molecule has 5 heteroatoms. The molecule has 0 saturated carbocycles. The highest BCUT2D eigenvalue weighted by atomic mass is 16.5. The van der Waals surface area contributed by atoms with Gasteiger partial charge in [0.25, 0.3) is 0 Å². The number of rotatable bonds is 4. The molecule has 0 spiro atoms. The molecule has 1 aromatic heterocycles. The van der Waals surface area contributed by atoms with E-state index in [2.05, 4.69) is 16.6 Å². The second kappa shape index (κ2) is 5.20. The fourth-order valence-corrected chi connectivity index (χ4v) is 2.02. The van der Waals surface area contributed by atoms with Crippen LogP contribution in [0.15, 0.2) is 30.5 Å². The van der Waals surface area contributed by atoms with Crippen molar-refractivity contribution in [2.24, 2.45) is 12.9 Å². The summed E-state index contributed by atoms with van der Waals surface area (Å²) in [6.45, 7) is 2.01. The average molecular weight is 246 g/mol. The first-order valence-corrected chi connectivity index (χ1v) is 5.76. The molecule has 0 aliphatic rings. The monoisotopic (exact) mass is 246 g/mol. The van der Waals surface area contributed by atoms with Crippen LogP contribution in [0.4, 0.5) is 0 Å². The van der Waals surface area contributed by atoms with Crippen LogP contribution in [-0.2, 0) is 7.05 Å². The molecule has 1 aromatic carbocycles. The molecule has 0 fully saturated rings. The molecule has 2 rings (SSSR count). The van der Waals surface area contributed by atoms with Crippen LogP contribution in [0.1, 0.15) is 22.9 Å².